The van der Waals surface area contributed by atoms with Crippen LogP contribution in [0.15, 0.2) is 84.0 Å². The molecule has 0 unspecified atom stereocenters. The van der Waals surface area contributed by atoms with Crippen LogP contribution in [-0.2, 0) is 14.4 Å². The van der Waals surface area contributed by atoms with Gasteiger partial charge in [-0.3, -0.25) is 14.4 Å². The van der Waals surface area contributed by atoms with Gasteiger partial charge in [-0.05, 0) is 54.1 Å². The Morgan fingerprint density at radius 2 is 1.55 bits per heavy atom. The number of nitrogens with one attached hydrogen (secondary N) is 3. The molecule has 9 heteroatoms. The number of nitrogens with zero attached hydrogens (tertiary/aromatic N) is 1. The maximum absolute atomic E-state index is 12.0. The number of anilines is 2. The molecule has 0 aliphatic heterocycles. The third-order valence-electron chi connectivity index (χ3n) is 4.25. The van der Waals surface area contributed by atoms with Crippen molar-refractivity contribution in [1.82, 2.24) is 5.43 Å². The maximum Gasteiger partial charge on any atom is 0.329 e. The Hall–Kier alpha value is -4.66. The van der Waals surface area contributed by atoms with Crippen molar-refractivity contribution in [3.05, 3.63) is 84.4 Å². The topological polar surface area (TPSA) is 118 Å². The zero-order chi connectivity index (χ0) is 23.5. The molecule has 0 heterocycles. The molecule has 0 aromatic heterocycles. The fourth-order valence-corrected chi connectivity index (χ4v) is 2.66. The first-order valence-electron chi connectivity index (χ1n) is 9.90. The first kappa shape index (κ1) is 23.0. The SMILES string of the molecule is COc1ccccc1NC(=O)C(=O)N/N=C\c1ccc(OCC(=O)Nc2ccccc2)cc1. The minimum absolute atomic E-state index is 0.139. The van der Waals surface area contributed by atoms with Crippen LogP contribution in [0, 0.1) is 0 Å². The Kier molecular flexibility index (Phi) is 8.13. The summed E-state index contributed by atoms with van der Waals surface area (Å²) in [5, 5.41) is 8.96. The number of para-hydroxylation sites is 3. The predicted molar refractivity (Wildman–Crippen MR) is 124 cm³/mol. The summed E-state index contributed by atoms with van der Waals surface area (Å²) >= 11 is 0. The van der Waals surface area contributed by atoms with Crippen LogP contribution in [0.3, 0.4) is 0 Å². The molecule has 168 valence electrons. The number of rotatable bonds is 8. The summed E-state index contributed by atoms with van der Waals surface area (Å²) in [6, 6.07) is 22.5. The van der Waals surface area contributed by atoms with Gasteiger partial charge in [0.25, 0.3) is 5.91 Å². The van der Waals surface area contributed by atoms with Gasteiger partial charge in [-0.2, -0.15) is 5.10 Å². The van der Waals surface area contributed by atoms with Crippen LogP contribution in [0.1, 0.15) is 5.56 Å². The fraction of sp³-hybridized carbons (Fsp3) is 0.0833. The molecule has 0 fully saturated rings. The van der Waals surface area contributed by atoms with E-state index in [1.165, 1.54) is 13.3 Å². The van der Waals surface area contributed by atoms with Gasteiger partial charge in [0.05, 0.1) is 19.0 Å². The van der Waals surface area contributed by atoms with Crippen LogP contribution in [0.5, 0.6) is 11.5 Å². The van der Waals surface area contributed by atoms with Crippen molar-refractivity contribution in [2.24, 2.45) is 5.10 Å². The van der Waals surface area contributed by atoms with Crippen LogP contribution in [0.25, 0.3) is 0 Å². The molecule has 3 N–H and O–H groups in total. The number of amides is 3. The molecule has 3 rings (SSSR count). The van der Waals surface area contributed by atoms with Crippen molar-refractivity contribution in [3.8, 4) is 11.5 Å². The third-order valence-corrected chi connectivity index (χ3v) is 4.25. The average molecular weight is 446 g/mol. The van der Waals surface area contributed by atoms with E-state index in [1.807, 2.05) is 18.2 Å². The lowest BCUT2D eigenvalue weighted by molar-refractivity contribution is -0.136. The summed E-state index contributed by atoms with van der Waals surface area (Å²) in [5.74, 6) is -1.16. The highest BCUT2D eigenvalue weighted by molar-refractivity contribution is 6.39. The largest absolute Gasteiger partial charge is 0.495 e. The lowest BCUT2D eigenvalue weighted by Gasteiger charge is -2.08. The van der Waals surface area contributed by atoms with E-state index in [9.17, 15) is 14.4 Å². The highest BCUT2D eigenvalue weighted by atomic mass is 16.5. The molecule has 33 heavy (non-hydrogen) atoms. The molecule has 3 aromatic rings. The summed E-state index contributed by atoms with van der Waals surface area (Å²) in [5.41, 5.74) is 3.88. The third kappa shape index (κ3) is 7.21. The van der Waals surface area contributed by atoms with E-state index in [0.717, 1.165) is 0 Å². The molecule has 0 saturated heterocycles. The molecule has 0 aliphatic rings. The Morgan fingerprint density at radius 1 is 0.848 bits per heavy atom. The number of ether oxygens (including phenoxy) is 2. The highest BCUT2D eigenvalue weighted by Gasteiger charge is 2.14. The van der Waals surface area contributed by atoms with Gasteiger partial charge in [0.1, 0.15) is 11.5 Å². The van der Waals surface area contributed by atoms with E-state index < -0.39 is 11.8 Å². The second-order valence-electron chi connectivity index (χ2n) is 6.63. The maximum atomic E-state index is 12.0. The molecule has 0 radical (unpaired) electrons. The first-order valence-corrected chi connectivity index (χ1v) is 9.90. The molecule has 3 amide bonds. The van der Waals surface area contributed by atoms with Crippen LogP contribution in [-0.4, -0.2) is 37.7 Å². The molecule has 0 aliphatic carbocycles. The number of benzene rings is 3. The van der Waals surface area contributed by atoms with Crippen molar-refractivity contribution < 1.29 is 23.9 Å². The molecule has 9 nitrogen and oxygen atoms in total. The number of carbonyl (C=O) groups excluding carboxylic acids is 3. The van der Waals surface area contributed by atoms with Crippen LogP contribution < -0.4 is 25.5 Å². The number of hydrogen-bond donors (Lipinski definition) is 3. The fourth-order valence-electron chi connectivity index (χ4n) is 2.66. The number of carbonyl (C=O) groups is 3. The lowest BCUT2D eigenvalue weighted by Crippen LogP contribution is -2.32. The molecule has 0 atom stereocenters. The smallest absolute Gasteiger partial charge is 0.329 e. The standard InChI is InChI=1S/C24H22N4O5/c1-32-21-10-6-5-9-20(21)27-23(30)24(31)28-25-15-17-11-13-19(14-12-17)33-16-22(29)26-18-7-3-2-4-8-18/h2-15H,16H2,1H3,(H,26,29)(H,27,30)(H,28,31)/b25-15-. The Morgan fingerprint density at radius 3 is 2.27 bits per heavy atom. The second kappa shape index (κ2) is 11.7. The summed E-state index contributed by atoms with van der Waals surface area (Å²) in [6.45, 7) is -0.139. The Bertz CT molecular complexity index is 1130. The Labute approximate surface area is 190 Å². The van der Waals surface area contributed by atoms with Crippen LogP contribution >= 0.6 is 0 Å². The molecule has 3 aromatic carbocycles. The van der Waals surface area contributed by atoms with Gasteiger partial charge in [-0.15, -0.1) is 0 Å². The normalized spacial score (nSPS) is 10.3. The molecular weight excluding hydrogens is 424 g/mol. The quantitative estimate of drug-likeness (QED) is 0.279. The van der Waals surface area contributed by atoms with E-state index >= 15 is 0 Å². The number of hydrogen-bond acceptors (Lipinski definition) is 6. The summed E-state index contributed by atoms with van der Waals surface area (Å²) in [7, 11) is 1.46. The van der Waals surface area contributed by atoms with Crippen LogP contribution in [0.2, 0.25) is 0 Å². The second-order valence-corrected chi connectivity index (χ2v) is 6.63. The van der Waals surface area contributed by atoms with Crippen molar-refractivity contribution in [2.75, 3.05) is 24.4 Å². The van der Waals surface area contributed by atoms with E-state index in [-0.39, 0.29) is 12.5 Å². The van der Waals surface area contributed by atoms with E-state index in [0.29, 0.717) is 28.4 Å². The number of methoxy groups -OCH3 is 1. The van der Waals surface area contributed by atoms with Gasteiger partial charge in [-0.1, -0.05) is 30.3 Å². The summed E-state index contributed by atoms with van der Waals surface area (Å²) in [4.78, 5) is 35.9. The monoisotopic (exact) mass is 446 g/mol. The van der Waals surface area contributed by atoms with Gasteiger partial charge in [-0.25, -0.2) is 5.43 Å². The first-order chi connectivity index (χ1) is 16.0. The van der Waals surface area contributed by atoms with Crippen molar-refractivity contribution in [1.29, 1.82) is 0 Å². The number of hydrazone groups is 1. The summed E-state index contributed by atoms with van der Waals surface area (Å²) in [6.07, 6.45) is 1.38. The van der Waals surface area contributed by atoms with E-state index in [2.05, 4.69) is 21.2 Å². The Balaban J connectivity index is 1.44. The minimum atomic E-state index is -0.929. The van der Waals surface area contributed by atoms with Crippen molar-refractivity contribution in [2.45, 2.75) is 0 Å². The van der Waals surface area contributed by atoms with Gasteiger partial charge < -0.3 is 20.1 Å². The van der Waals surface area contributed by atoms with Crippen molar-refractivity contribution in [3.63, 3.8) is 0 Å². The van der Waals surface area contributed by atoms with Gasteiger partial charge in [0, 0.05) is 5.69 Å². The van der Waals surface area contributed by atoms with Gasteiger partial charge >= 0.3 is 11.8 Å². The zero-order valence-electron chi connectivity index (χ0n) is 17.8. The van der Waals surface area contributed by atoms with Gasteiger partial charge in [0.15, 0.2) is 6.61 Å². The highest BCUT2D eigenvalue weighted by Crippen LogP contribution is 2.22. The summed E-state index contributed by atoms with van der Waals surface area (Å²) < 4.78 is 10.6. The van der Waals surface area contributed by atoms with Gasteiger partial charge in [0.2, 0.25) is 0 Å². The molecule has 0 bridgehead atoms. The predicted octanol–water partition coefficient (Wildman–Crippen LogP) is 2.80. The van der Waals surface area contributed by atoms with Crippen LogP contribution in [0.4, 0.5) is 11.4 Å². The lowest BCUT2D eigenvalue weighted by atomic mass is 10.2. The average Bonchev–Trinajstić information content (AvgIpc) is 2.84. The van der Waals surface area contributed by atoms with E-state index in [4.69, 9.17) is 9.47 Å². The van der Waals surface area contributed by atoms with Crippen molar-refractivity contribution >= 4 is 35.3 Å². The molecular formula is C24H22N4O5. The van der Waals surface area contributed by atoms with E-state index in [1.54, 1.807) is 60.7 Å². The molecule has 0 saturated carbocycles. The zero-order valence-corrected chi connectivity index (χ0v) is 17.8. The molecule has 0 spiro atoms. The minimum Gasteiger partial charge on any atom is -0.495 e.